The van der Waals surface area contributed by atoms with Crippen molar-refractivity contribution >= 4 is 46.6 Å². The number of aliphatic hydroxyl groups is 3. The SMILES string of the molecule is CCn1nc(C)cc1C(=O)/N=c1\n(C)c2cc(C(N)=O)cc(OCCCO)c2n1CC(O)C(O)Cn1/c(=N/C=O)n(C)c2cc(C=O)cc(OC)c21. The second kappa shape index (κ2) is 15.6. The summed E-state index contributed by atoms with van der Waals surface area (Å²) in [6, 6.07) is 7.60. The number of rotatable bonds is 15. The number of imidazole rings is 2. The summed E-state index contributed by atoms with van der Waals surface area (Å²) in [5.74, 6) is -0.952. The van der Waals surface area contributed by atoms with Gasteiger partial charge in [-0.15, -0.1) is 0 Å². The molecule has 0 aliphatic carbocycles. The Labute approximate surface area is 296 Å². The van der Waals surface area contributed by atoms with Crippen LogP contribution in [-0.2, 0) is 38.5 Å². The Morgan fingerprint density at radius 2 is 1.60 bits per heavy atom. The van der Waals surface area contributed by atoms with E-state index in [9.17, 15) is 34.5 Å². The summed E-state index contributed by atoms with van der Waals surface area (Å²) in [5.41, 5.74) is 8.61. The van der Waals surface area contributed by atoms with Crippen molar-refractivity contribution in [2.24, 2.45) is 29.8 Å². The number of nitrogens with two attached hydrogens (primary N) is 1. The molecular weight excluding hydrogens is 678 g/mol. The summed E-state index contributed by atoms with van der Waals surface area (Å²) in [6.45, 7) is 3.24. The van der Waals surface area contributed by atoms with Crippen LogP contribution >= 0.6 is 0 Å². The smallest absolute Gasteiger partial charge is 0.298 e. The summed E-state index contributed by atoms with van der Waals surface area (Å²) in [4.78, 5) is 57.6. The first kappa shape index (κ1) is 37.4. The van der Waals surface area contributed by atoms with Crippen LogP contribution in [-0.4, -0.2) is 100 Å². The number of primary amides is 1. The van der Waals surface area contributed by atoms with Gasteiger partial charge in [0, 0.05) is 44.8 Å². The van der Waals surface area contributed by atoms with Gasteiger partial charge in [-0.2, -0.15) is 15.1 Å². The zero-order valence-corrected chi connectivity index (χ0v) is 29.4. The second-order valence-electron chi connectivity index (χ2n) is 12.1. The van der Waals surface area contributed by atoms with E-state index in [1.54, 1.807) is 37.7 Å². The number of ether oxygens (including phenoxy) is 2. The van der Waals surface area contributed by atoms with E-state index in [1.807, 2.05) is 6.92 Å². The number of carbonyl (C=O) groups excluding carboxylic acids is 4. The molecular formula is C34H41N9O9. The highest BCUT2D eigenvalue weighted by molar-refractivity contribution is 5.99. The fourth-order valence-electron chi connectivity index (χ4n) is 6.17. The first-order valence-corrected chi connectivity index (χ1v) is 16.3. The molecule has 0 bridgehead atoms. The Bertz CT molecular complexity index is 2320. The molecule has 0 aliphatic rings. The molecule has 0 saturated carbocycles. The number of benzene rings is 2. The Morgan fingerprint density at radius 3 is 2.19 bits per heavy atom. The minimum Gasteiger partial charge on any atom is -0.494 e. The maximum Gasteiger partial charge on any atom is 0.298 e. The summed E-state index contributed by atoms with van der Waals surface area (Å²) >= 11 is 0. The predicted molar refractivity (Wildman–Crippen MR) is 186 cm³/mol. The van der Waals surface area contributed by atoms with Crippen LogP contribution in [0.25, 0.3) is 22.1 Å². The van der Waals surface area contributed by atoms with Gasteiger partial charge < -0.3 is 48.8 Å². The minimum atomic E-state index is -1.55. The summed E-state index contributed by atoms with van der Waals surface area (Å²) < 4.78 is 19.1. The van der Waals surface area contributed by atoms with Crippen LogP contribution < -0.4 is 26.4 Å². The van der Waals surface area contributed by atoms with E-state index in [2.05, 4.69) is 15.1 Å². The molecule has 5 aromatic rings. The lowest BCUT2D eigenvalue weighted by molar-refractivity contribution is -0.107. The first-order valence-electron chi connectivity index (χ1n) is 16.3. The maximum absolute atomic E-state index is 13.7. The zero-order valence-electron chi connectivity index (χ0n) is 29.4. The number of hydrogen-bond acceptors (Lipinski definition) is 10. The third-order valence-corrected chi connectivity index (χ3v) is 8.65. The van der Waals surface area contributed by atoms with E-state index < -0.39 is 24.0 Å². The minimum absolute atomic E-state index is 0.0407. The zero-order chi connectivity index (χ0) is 37.9. The van der Waals surface area contributed by atoms with Crippen molar-refractivity contribution in [3.05, 3.63) is 64.1 Å². The van der Waals surface area contributed by atoms with Crippen LogP contribution in [0.1, 0.15) is 50.2 Å². The topological polar surface area (TPSA) is 236 Å². The van der Waals surface area contributed by atoms with Crippen LogP contribution in [0.3, 0.4) is 0 Å². The Balaban J connectivity index is 1.68. The highest BCUT2D eigenvalue weighted by Gasteiger charge is 2.26. The molecule has 0 aliphatic heterocycles. The van der Waals surface area contributed by atoms with Gasteiger partial charge in [0.05, 0.1) is 55.7 Å². The maximum atomic E-state index is 13.7. The molecule has 5 N–H and O–H groups in total. The number of hydrogen-bond donors (Lipinski definition) is 4. The fraction of sp³-hybridized carbons (Fsp3) is 0.382. The summed E-state index contributed by atoms with van der Waals surface area (Å²) in [6.07, 6.45) is -1.82. The van der Waals surface area contributed by atoms with E-state index >= 15 is 0 Å². The third kappa shape index (κ3) is 7.03. The molecule has 2 atom stereocenters. The molecule has 276 valence electrons. The van der Waals surface area contributed by atoms with Gasteiger partial charge in [0.25, 0.3) is 5.91 Å². The van der Waals surface area contributed by atoms with Crippen molar-refractivity contribution in [1.29, 1.82) is 0 Å². The number of fused-ring (bicyclic) bond motifs is 2. The van der Waals surface area contributed by atoms with Gasteiger partial charge in [0.15, 0.2) is 0 Å². The van der Waals surface area contributed by atoms with Crippen molar-refractivity contribution in [1.82, 2.24) is 28.0 Å². The highest BCUT2D eigenvalue weighted by atomic mass is 16.5. The Hall–Kier alpha value is -5.85. The number of aldehydes is 1. The van der Waals surface area contributed by atoms with Crippen LogP contribution in [0.2, 0.25) is 0 Å². The Morgan fingerprint density at radius 1 is 0.962 bits per heavy atom. The third-order valence-electron chi connectivity index (χ3n) is 8.65. The van der Waals surface area contributed by atoms with Crippen LogP contribution in [0, 0.1) is 6.92 Å². The normalized spacial score (nSPS) is 13.5. The van der Waals surface area contributed by atoms with Crippen LogP contribution in [0.5, 0.6) is 11.5 Å². The molecule has 18 heteroatoms. The van der Waals surface area contributed by atoms with E-state index in [1.165, 1.54) is 43.7 Å². The lowest BCUT2D eigenvalue weighted by atomic mass is 10.1. The molecule has 52 heavy (non-hydrogen) atoms. The van der Waals surface area contributed by atoms with Crippen molar-refractivity contribution in [3.8, 4) is 11.5 Å². The molecule has 18 nitrogen and oxygen atoms in total. The Kier molecular flexibility index (Phi) is 11.2. The van der Waals surface area contributed by atoms with Crippen LogP contribution in [0.4, 0.5) is 0 Å². The van der Waals surface area contributed by atoms with Crippen molar-refractivity contribution in [2.75, 3.05) is 20.3 Å². The second-order valence-corrected chi connectivity index (χ2v) is 12.1. The lowest BCUT2D eigenvalue weighted by Crippen LogP contribution is -2.40. The van der Waals surface area contributed by atoms with Gasteiger partial charge in [-0.05, 0) is 44.2 Å². The van der Waals surface area contributed by atoms with E-state index in [0.717, 1.165) is 0 Å². The standard InChI is InChI=1S/C34H41N9O9/c1-6-43-24(10-19(2)38-43)32(50)37-34-40(4)23-13-21(31(35)49)14-28(52-9-7-8-44)30(23)42(34)16-26(48)25(47)15-41-29-22(39(3)33(41)36-18-46)11-20(17-45)12-27(29)51-5/h10-14,17-18,25-26,44,47-48H,6-9,15-16H2,1-5H3,(H2,35,49)/b36-33+,37-34+. The molecule has 0 fully saturated rings. The predicted octanol–water partition coefficient (Wildman–Crippen LogP) is -0.301. The average molecular weight is 720 g/mol. The van der Waals surface area contributed by atoms with Gasteiger partial charge in [-0.1, -0.05) is 0 Å². The number of amides is 3. The van der Waals surface area contributed by atoms with Crippen LogP contribution in [0.15, 0.2) is 40.3 Å². The van der Waals surface area contributed by atoms with Gasteiger partial charge in [-0.3, -0.25) is 23.9 Å². The monoisotopic (exact) mass is 719 g/mol. The largest absolute Gasteiger partial charge is 0.494 e. The molecule has 5 rings (SSSR count). The quantitative estimate of drug-likeness (QED) is 0.0814. The number of methoxy groups -OCH3 is 1. The molecule has 2 unspecified atom stereocenters. The number of aryl methyl sites for hydroxylation is 4. The van der Waals surface area contributed by atoms with E-state index in [-0.39, 0.29) is 66.7 Å². The molecule has 3 heterocycles. The van der Waals surface area contributed by atoms with Crippen molar-refractivity contribution < 1.29 is 44.0 Å². The number of aliphatic hydroxyl groups excluding tert-OH is 3. The molecule has 3 aromatic heterocycles. The molecule has 3 amide bonds. The molecule has 0 radical (unpaired) electrons. The fourth-order valence-corrected chi connectivity index (χ4v) is 6.17. The number of aromatic nitrogens is 6. The summed E-state index contributed by atoms with van der Waals surface area (Å²) in [7, 11) is 4.64. The molecule has 0 spiro atoms. The molecule has 2 aromatic carbocycles. The average Bonchev–Trinajstić information content (AvgIpc) is 3.73. The van der Waals surface area contributed by atoms with Crippen molar-refractivity contribution in [3.63, 3.8) is 0 Å². The van der Waals surface area contributed by atoms with E-state index in [4.69, 9.17) is 15.2 Å². The van der Waals surface area contributed by atoms with Gasteiger partial charge in [0.1, 0.15) is 34.5 Å². The van der Waals surface area contributed by atoms with Gasteiger partial charge >= 0.3 is 0 Å². The molecule has 0 saturated heterocycles. The first-order chi connectivity index (χ1) is 24.9. The lowest BCUT2D eigenvalue weighted by Gasteiger charge is -2.21. The van der Waals surface area contributed by atoms with Gasteiger partial charge in [-0.25, -0.2) is 0 Å². The highest BCUT2D eigenvalue weighted by Crippen LogP contribution is 2.29. The van der Waals surface area contributed by atoms with Gasteiger partial charge in [0.2, 0.25) is 23.6 Å². The summed E-state index contributed by atoms with van der Waals surface area (Å²) in [5, 5.41) is 37.0. The van der Waals surface area contributed by atoms with Crippen molar-refractivity contribution in [2.45, 2.75) is 52.1 Å². The number of nitrogens with zero attached hydrogens (tertiary/aromatic N) is 8. The van der Waals surface area contributed by atoms with E-state index in [0.29, 0.717) is 52.6 Å². The number of carbonyl (C=O) groups is 4.